The van der Waals surface area contributed by atoms with Gasteiger partial charge in [-0.25, -0.2) is 4.98 Å². The zero-order valence-electron chi connectivity index (χ0n) is 14.0. The van der Waals surface area contributed by atoms with Crippen LogP contribution in [0.15, 0.2) is 18.6 Å². The van der Waals surface area contributed by atoms with Crippen LogP contribution in [0.1, 0.15) is 32.6 Å². The number of carbonyl (C=O) groups excluding carboxylic acids is 1. The van der Waals surface area contributed by atoms with Gasteiger partial charge in [0.05, 0.1) is 12.2 Å². The number of hydrogen-bond acceptors (Lipinski definition) is 5. The predicted octanol–water partition coefficient (Wildman–Crippen LogP) is 1.39. The Labute approximate surface area is 138 Å². The molecule has 6 nitrogen and oxygen atoms in total. The number of aromatic nitrogens is 2. The van der Waals surface area contributed by atoms with E-state index in [1.807, 2.05) is 6.20 Å². The Morgan fingerprint density at radius 3 is 2.30 bits per heavy atom. The number of hydrogen-bond donors (Lipinski definition) is 0. The zero-order valence-corrected chi connectivity index (χ0v) is 14.0. The molecule has 0 N–H and O–H groups in total. The van der Waals surface area contributed by atoms with E-state index in [9.17, 15) is 4.79 Å². The summed E-state index contributed by atoms with van der Waals surface area (Å²) in [5.41, 5.74) is 0. The van der Waals surface area contributed by atoms with E-state index in [0.717, 1.165) is 57.9 Å². The molecule has 126 valence electrons. The van der Waals surface area contributed by atoms with Gasteiger partial charge < -0.3 is 9.80 Å². The first-order valence-electron chi connectivity index (χ1n) is 8.79. The van der Waals surface area contributed by atoms with Gasteiger partial charge in [0, 0.05) is 51.7 Å². The Bertz CT molecular complexity index is 493. The lowest BCUT2D eigenvalue weighted by atomic mass is 10.2. The highest BCUT2D eigenvalue weighted by molar-refractivity contribution is 5.81. The van der Waals surface area contributed by atoms with Crippen molar-refractivity contribution in [3.8, 4) is 0 Å². The van der Waals surface area contributed by atoms with E-state index < -0.39 is 0 Å². The van der Waals surface area contributed by atoms with Crippen molar-refractivity contribution in [1.29, 1.82) is 0 Å². The van der Waals surface area contributed by atoms with Crippen LogP contribution < -0.4 is 4.90 Å². The second-order valence-electron chi connectivity index (χ2n) is 6.50. The van der Waals surface area contributed by atoms with Crippen molar-refractivity contribution in [2.24, 2.45) is 0 Å². The summed E-state index contributed by atoms with van der Waals surface area (Å²) < 4.78 is 0. The van der Waals surface area contributed by atoms with Crippen LogP contribution in [0, 0.1) is 0 Å². The van der Waals surface area contributed by atoms with Gasteiger partial charge in [0.25, 0.3) is 0 Å². The number of amides is 1. The Hall–Kier alpha value is -1.69. The van der Waals surface area contributed by atoms with Gasteiger partial charge in [0.1, 0.15) is 5.82 Å². The molecule has 0 aliphatic carbocycles. The fourth-order valence-corrected chi connectivity index (χ4v) is 3.50. The smallest absolute Gasteiger partial charge is 0.239 e. The third-order valence-corrected chi connectivity index (χ3v) is 5.01. The molecule has 1 atom stereocenters. The first-order chi connectivity index (χ1) is 11.3. The molecule has 2 fully saturated rings. The summed E-state index contributed by atoms with van der Waals surface area (Å²) in [6.45, 7) is 7.53. The summed E-state index contributed by atoms with van der Waals surface area (Å²) in [4.78, 5) is 27.9. The number of piperazine rings is 1. The minimum atomic E-state index is -0.0166. The summed E-state index contributed by atoms with van der Waals surface area (Å²) >= 11 is 0. The van der Waals surface area contributed by atoms with E-state index in [0.29, 0.717) is 5.91 Å². The Balaban J connectivity index is 1.53. The van der Waals surface area contributed by atoms with Gasteiger partial charge in [0.2, 0.25) is 5.91 Å². The van der Waals surface area contributed by atoms with Gasteiger partial charge in [-0.1, -0.05) is 12.8 Å². The topological polar surface area (TPSA) is 52.6 Å². The quantitative estimate of drug-likeness (QED) is 0.843. The van der Waals surface area contributed by atoms with E-state index in [-0.39, 0.29) is 6.04 Å². The highest BCUT2D eigenvalue weighted by Crippen LogP contribution is 2.16. The molecular weight excluding hydrogens is 290 g/mol. The van der Waals surface area contributed by atoms with Crippen molar-refractivity contribution in [1.82, 2.24) is 19.8 Å². The third-order valence-electron chi connectivity index (χ3n) is 5.01. The normalized spacial score (nSPS) is 21.8. The lowest BCUT2D eigenvalue weighted by Gasteiger charge is -2.39. The molecule has 0 aromatic carbocycles. The molecule has 2 aliphatic rings. The van der Waals surface area contributed by atoms with Crippen molar-refractivity contribution >= 4 is 11.7 Å². The van der Waals surface area contributed by atoms with Gasteiger partial charge in [-0.2, -0.15) is 0 Å². The molecule has 0 bridgehead atoms. The lowest BCUT2D eigenvalue weighted by molar-refractivity contribution is -0.136. The summed E-state index contributed by atoms with van der Waals surface area (Å²) in [5.74, 6) is 1.23. The average Bonchev–Trinajstić information content (AvgIpc) is 2.91. The van der Waals surface area contributed by atoms with Crippen molar-refractivity contribution in [2.45, 2.75) is 38.6 Å². The van der Waals surface area contributed by atoms with E-state index in [1.165, 1.54) is 12.8 Å². The van der Waals surface area contributed by atoms with Gasteiger partial charge >= 0.3 is 0 Å². The van der Waals surface area contributed by atoms with Crippen molar-refractivity contribution in [3.05, 3.63) is 18.6 Å². The minimum absolute atomic E-state index is 0.0166. The van der Waals surface area contributed by atoms with Crippen LogP contribution in [-0.4, -0.2) is 71.0 Å². The van der Waals surface area contributed by atoms with E-state index in [2.05, 4.69) is 31.6 Å². The molecule has 1 amide bonds. The summed E-state index contributed by atoms with van der Waals surface area (Å²) in [7, 11) is 0. The molecule has 3 heterocycles. The summed E-state index contributed by atoms with van der Waals surface area (Å²) in [6, 6.07) is -0.0166. The molecular formula is C17H27N5O. The van der Waals surface area contributed by atoms with Crippen LogP contribution in [0.5, 0.6) is 0 Å². The second kappa shape index (κ2) is 7.73. The first-order valence-corrected chi connectivity index (χ1v) is 8.79. The predicted molar refractivity (Wildman–Crippen MR) is 90.3 cm³/mol. The first kappa shape index (κ1) is 16.2. The largest absolute Gasteiger partial charge is 0.353 e. The molecule has 2 aliphatic heterocycles. The molecule has 3 rings (SSSR count). The van der Waals surface area contributed by atoms with Crippen LogP contribution in [0.2, 0.25) is 0 Å². The van der Waals surface area contributed by atoms with Gasteiger partial charge in [0.15, 0.2) is 0 Å². The summed E-state index contributed by atoms with van der Waals surface area (Å²) in [6.07, 6.45) is 10.1. The molecule has 23 heavy (non-hydrogen) atoms. The van der Waals surface area contributed by atoms with Crippen molar-refractivity contribution in [2.75, 3.05) is 44.2 Å². The van der Waals surface area contributed by atoms with Gasteiger partial charge in [-0.3, -0.25) is 14.7 Å². The maximum Gasteiger partial charge on any atom is 0.239 e. The van der Waals surface area contributed by atoms with Crippen LogP contribution in [0.3, 0.4) is 0 Å². The highest BCUT2D eigenvalue weighted by atomic mass is 16.2. The number of carbonyl (C=O) groups is 1. The van der Waals surface area contributed by atoms with Gasteiger partial charge in [-0.05, 0) is 19.8 Å². The number of rotatable bonds is 3. The maximum atomic E-state index is 12.7. The summed E-state index contributed by atoms with van der Waals surface area (Å²) in [5, 5.41) is 0. The zero-order chi connectivity index (χ0) is 16.1. The fraction of sp³-hybridized carbons (Fsp3) is 0.706. The Morgan fingerprint density at radius 2 is 1.70 bits per heavy atom. The Morgan fingerprint density at radius 1 is 1.00 bits per heavy atom. The monoisotopic (exact) mass is 317 g/mol. The molecule has 2 saturated heterocycles. The number of anilines is 1. The van der Waals surface area contributed by atoms with Crippen LogP contribution >= 0.6 is 0 Å². The lowest BCUT2D eigenvalue weighted by Crippen LogP contribution is -2.54. The van der Waals surface area contributed by atoms with Crippen LogP contribution in [-0.2, 0) is 4.79 Å². The van der Waals surface area contributed by atoms with E-state index >= 15 is 0 Å². The standard InChI is InChI=1S/C17H27N5O/c1-15(17(23)22-8-4-2-3-5-9-22)20-10-12-21(13-11-20)16-14-18-6-7-19-16/h6-7,14-15H,2-5,8-13H2,1H3/t15-/m0/s1. The molecule has 6 heteroatoms. The SMILES string of the molecule is C[C@@H](C(=O)N1CCCCCC1)N1CCN(c2cnccn2)CC1. The molecule has 0 unspecified atom stereocenters. The molecule has 0 spiro atoms. The molecule has 1 aromatic rings. The maximum absolute atomic E-state index is 12.7. The van der Waals surface area contributed by atoms with E-state index in [1.54, 1.807) is 12.4 Å². The van der Waals surface area contributed by atoms with Crippen molar-refractivity contribution < 1.29 is 4.79 Å². The number of nitrogens with zero attached hydrogens (tertiary/aromatic N) is 5. The minimum Gasteiger partial charge on any atom is -0.353 e. The van der Waals surface area contributed by atoms with Crippen LogP contribution in [0.4, 0.5) is 5.82 Å². The third kappa shape index (κ3) is 3.99. The fourth-order valence-electron chi connectivity index (χ4n) is 3.50. The molecule has 0 saturated carbocycles. The number of likely N-dealkylation sites (tertiary alicyclic amines) is 1. The Kier molecular flexibility index (Phi) is 5.43. The molecule has 1 aromatic heterocycles. The average molecular weight is 317 g/mol. The van der Waals surface area contributed by atoms with Gasteiger partial charge in [-0.15, -0.1) is 0 Å². The van der Waals surface area contributed by atoms with E-state index in [4.69, 9.17) is 0 Å². The van der Waals surface area contributed by atoms with Crippen LogP contribution in [0.25, 0.3) is 0 Å². The van der Waals surface area contributed by atoms with Crippen molar-refractivity contribution in [3.63, 3.8) is 0 Å². The molecule has 0 radical (unpaired) electrons. The second-order valence-corrected chi connectivity index (χ2v) is 6.50. The highest BCUT2D eigenvalue weighted by Gasteiger charge is 2.29.